The standard InChI is InChI=1S/C11H12BrN5O2/c1-7(11(18)19)2-3-17-10(14-15-16-17)8-4-9(12)6-13-5-8/h4-7H,2-3H2,1H3,(H,18,19). The number of carbonyl (C=O) groups is 1. The Morgan fingerprint density at radius 3 is 3.00 bits per heavy atom. The average Bonchev–Trinajstić information content (AvgIpc) is 2.84. The Hall–Kier alpha value is -1.83. The topological polar surface area (TPSA) is 93.8 Å². The fourth-order valence-corrected chi connectivity index (χ4v) is 1.90. The van der Waals surface area contributed by atoms with E-state index in [1.165, 1.54) is 0 Å². The Balaban J connectivity index is 2.16. The second-order valence-corrected chi connectivity index (χ2v) is 5.06. The number of aromatic nitrogens is 5. The summed E-state index contributed by atoms with van der Waals surface area (Å²) in [6, 6.07) is 1.86. The maximum absolute atomic E-state index is 10.8. The minimum Gasteiger partial charge on any atom is -0.481 e. The summed E-state index contributed by atoms with van der Waals surface area (Å²) in [6.07, 6.45) is 3.80. The first-order valence-corrected chi connectivity index (χ1v) is 6.47. The molecule has 0 radical (unpaired) electrons. The van der Waals surface area contributed by atoms with Crippen molar-refractivity contribution in [2.45, 2.75) is 19.9 Å². The zero-order valence-electron chi connectivity index (χ0n) is 10.2. The van der Waals surface area contributed by atoms with Crippen LogP contribution in [0.3, 0.4) is 0 Å². The zero-order chi connectivity index (χ0) is 13.8. The third kappa shape index (κ3) is 3.34. The number of hydrogen-bond donors (Lipinski definition) is 1. The summed E-state index contributed by atoms with van der Waals surface area (Å²) < 4.78 is 2.42. The molecule has 0 bridgehead atoms. The summed E-state index contributed by atoms with van der Waals surface area (Å²) in [5, 5.41) is 20.3. The maximum atomic E-state index is 10.8. The fourth-order valence-electron chi connectivity index (χ4n) is 1.54. The first-order chi connectivity index (χ1) is 9.08. The van der Waals surface area contributed by atoms with Gasteiger partial charge in [-0.1, -0.05) is 6.92 Å². The maximum Gasteiger partial charge on any atom is 0.306 e. The molecule has 2 rings (SSSR count). The summed E-state index contributed by atoms with van der Waals surface area (Å²) in [5.74, 6) is -0.678. The van der Waals surface area contributed by atoms with Crippen molar-refractivity contribution in [3.63, 3.8) is 0 Å². The van der Waals surface area contributed by atoms with Gasteiger partial charge >= 0.3 is 5.97 Å². The van der Waals surface area contributed by atoms with E-state index in [2.05, 4.69) is 36.4 Å². The molecule has 2 heterocycles. The molecule has 0 aliphatic rings. The molecule has 2 aromatic heterocycles. The van der Waals surface area contributed by atoms with Gasteiger partial charge in [0.2, 0.25) is 0 Å². The molecule has 8 heteroatoms. The molecule has 0 aliphatic heterocycles. The Kier molecular flexibility index (Phi) is 4.20. The van der Waals surface area contributed by atoms with Gasteiger partial charge in [0.1, 0.15) is 0 Å². The number of aliphatic carboxylic acids is 1. The Morgan fingerprint density at radius 2 is 2.32 bits per heavy atom. The van der Waals surface area contributed by atoms with Gasteiger partial charge in [0.05, 0.1) is 5.92 Å². The van der Waals surface area contributed by atoms with E-state index in [9.17, 15) is 4.79 Å². The molecule has 0 fully saturated rings. The monoisotopic (exact) mass is 325 g/mol. The number of carboxylic acid groups (broad SMARTS) is 1. The lowest BCUT2D eigenvalue weighted by Crippen LogP contribution is -2.14. The first-order valence-electron chi connectivity index (χ1n) is 5.68. The molecular formula is C11H12BrN5O2. The quantitative estimate of drug-likeness (QED) is 0.897. The van der Waals surface area contributed by atoms with E-state index in [4.69, 9.17) is 5.11 Å². The van der Waals surface area contributed by atoms with Crippen LogP contribution in [0.1, 0.15) is 13.3 Å². The zero-order valence-corrected chi connectivity index (χ0v) is 11.8. The van der Waals surface area contributed by atoms with Crippen LogP contribution in [0.2, 0.25) is 0 Å². The van der Waals surface area contributed by atoms with Gasteiger partial charge in [-0.3, -0.25) is 9.78 Å². The Labute approximate surface area is 117 Å². The molecule has 19 heavy (non-hydrogen) atoms. The van der Waals surface area contributed by atoms with Crippen molar-refractivity contribution in [3.05, 3.63) is 22.9 Å². The van der Waals surface area contributed by atoms with Crippen LogP contribution in [0.4, 0.5) is 0 Å². The second-order valence-electron chi connectivity index (χ2n) is 4.15. The van der Waals surface area contributed by atoms with Crippen molar-refractivity contribution in [1.82, 2.24) is 25.2 Å². The van der Waals surface area contributed by atoms with Crippen molar-refractivity contribution in [1.29, 1.82) is 0 Å². The highest BCUT2D eigenvalue weighted by molar-refractivity contribution is 9.10. The van der Waals surface area contributed by atoms with Crippen LogP contribution < -0.4 is 0 Å². The molecular weight excluding hydrogens is 314 g/mol. The van der Waals surface area contributed by atoms with Gasteiger partial charge in [0.25, 0.3) is 0 Å². The van der Waals surface area contributed by atoms with Gasteiger partial charge in [-0.05, 0) is 38.8 Å². The lowest BCUT2D eigenvalue weighted by molar-refractivity contribution is -0.141. The Morgan fingerprint density at radius 1 is 1.53 bits per heavy atom. The molecule has 1 N–H and O–H groups in total. The number of tetrazole rings is 1. The molecule has 0 saturated heterocycles. The smallest absolute Gasteiger partial charge is 0.306 e. The van der Waals surface area contributed by atoms with E-state index in [1.54, 1.807) is 24.0 Å². The highest BCUT2D eigenvalue weighted by Crippen LogP contribution is 2.19. The van der Waals surface area contributed by atoms with Gasteiger partial charge in [-0.15, -0.1) is 5.10 Å². The third-order valence-electron chi connectivity index (χ3n) is 2.69. The SMILES string of the molecule is CC(CCn1nnnc1-c1cncc(Br)c1)C(=O)O. The number of nitrogens with zero attached hydrogens (tertiary/aromatic N) is 5. The number of carboxylic acids is 1. The summed E-state index contributed by atoms with van der Waals surface area (Å²) in [6.45, 7) is 2.11. The number of hydrogen-bond acceptors (Lipinski definition) is 5. The number of aryl methyl sites for hydroxylation is 1. The van der Waals surface area contributed by atoms with Crippen LogP contribution in [0, 0.1) is 5.92 Å². The lowest BCUT2D eigenvalue weighted by Gasteiger charge is -2.07. The number of rotatable bonds is 5. The van der Waals surface area contributed by atoms with Crippen molar-refractivity contribution < 1.29 is 9.90 Å². The number of pyridine rings is 1. The van der Waals surface area contributed by atoms with Gasteiger partial charge in [-0.25, -0.2) is 4.68 Å². The normalized spacial score (nSPS) is 12.3. The minimum absolute atomic E-state index is 0.433. The van der Waals surface area contributed by atoms with Crippen LogP contribution in [-0.2, 0) is 11.3 Å². The van der Waals surface area contributed by atoms with Crippen LogP contribution in [0.25, 0.3) is 11.4 Å². The van der Waals surface area contributed by atoms with E-state index >= 15 is 0 Å². The molecule has 1 unspecified atom stereocenters. The molecule has 0 amide bonds. The predicted molar refractivity (Wildman–Crippen MR) is 70.2 cm³/mol. The van der Waals surface area contributed by atoms with Gasteiger partial charge in [0, 0.05) is 29.0 Å². The summed E-state index contributed by atoms with van der Waals surface area (Å²) in [5.41, 5.74) is 0.780. The van der Waals surface area contributed by atoms with E-state index in [-0.39, 0.29) is 0 Å². The van der Waals surface area contributed by atoms with Crippen LogP contribution in [0.5, 0.6) is 0 Å². The van der Waals surface area contributed by atoms with E-state index in [1.807, 2.05) is 6.07 Å². The van der Waals surface area contributed by atoms with Crippen LogP contribution in [0.15, 0.2) is 22.9 Å². The molecule has 0 saturated carbocycles. The minimum atomic E-state index is -0.821. The summed E-state index contributed by atoms with van der Waals surface area (Å²) in [7, 11) is 0. The lowest BCUT2D eigenvalue weighted by atomic mass is 10.1. The van der Waals surface area contributed by atoms with Crippen molar-refractivity contribution in [3.8, 4) is 11.4 Å². The Bertz CT molecular complexity index is 586. The average molecular weight is 326 g/mol. The molecule has 0 aromatic carbocycles. The second kappa shape index (κ2) is 5.87. The fraction of sp³-hybridized carbons (Fsp3) is 0.364. The first kappa shape index (κ1) is 13.6. The van der Waals surface area contributed by atoms with Gasteiger partial charge in [-0.2, -0.15) is 0 Å². The van der Waals surface area contributed by atoms with Crippen LogP contribution in [-0.4, -0.2) is 36.3 Å². The molecule has 2 aromatic rings. The number of halogens is 1. The highest BCUT2D eigenvalue weighted by Gasteiger charge is 2.14. The molecule has 0 aliphatic carbocycles. The van der Waals surface area contributed by atoms with E-state index < -0.39 is 11.9 Å². The summed E-state index contributed by atoms with van der Waals surface area (Å²) >= 11 is 3.34. The molecule has 0 spiro atoms. The van der Waals surface area contributed by atoms with Crippen molar-refractivity contribution in [2.24, 2.45) is 5.92 Å². The molecule has 7 nitrogen and oxygen atoms in total. The largest absolute Gasteiger partial charge is 0.481 e. The van der Waals surface area contributed by atoms with Gasteiger partial charge in [0.15, 0.2) is 5.82 Å². The van der Waals surface area contributed by atoms with Crippen molar-refractivity contribution >= 4 is 21.9 Å². The third-order valence-corrected chi connectivity index (χ3v) is 3.12. The van der Waals surface area contributed by atoms with Crippen LogP contribution >= 0.6 is 15.9 Å². The van der Waals surface area contributed by atoms with Gasteiger partial charge < -0.3 is 5.11 Å². The van der Waals surface area contributed by atoms with E-state index in [0.29, 0.717) is 18.8 Å². The van der Waals surface area contributed by atoms with E-state index in [0.717, 1.165) is 10.0 Å². The summed E-state index contributed by atoms with van der Waals surface area (Å²) in [4.78, 5) is 14.8. The molecule has 1 atom stereocenters. The van der Waals surface area contributed by atoms with Crippen molar-refractivity contribution in [2.75, 3.05) is 0 Å². The highest BCUT2D eigenvalue weighted by atomic mass is 79.9. The molecule has 100 valence electrons. The predicted octanol–water partition coefficient (Wildman–Crippen LogP) is 1.61.